The molecule has 186 valence electrons. The molecule has 0 radical (unpaired) electrons. The molecule has 1 aromatic carbocycles. The normalized spacial score (nSPS) is 15.9. The number of anilines is 1. The molecule has 1 aliphatic heterocycles. The van der Waals surface area contributed by atoms with E-state index in [4.69, 9.17) is 22.1 Å². The summed E-state index contributed by atoms with van der Waals surface area (Å²) in [5.74, 6) is -2.70. The van der Waals surface area contributed by atoms with E-state index in [1.54, 1.807) is 0 Å². The van der Waals surface area contributed by atoms with E-state index >= 15 is 0 Å². The summed E-state index contributed by atoms with van der Waals surface area (Å²) in [5.41, 5.74) is 5.11. The molecule has 9 nitrogen and oxygen atoms in total. The van der Waals surface area contributed by atoms with Crippen molar-refractivity contribution in [2.45, 2.75) is 38.3 Å². The van der Waals surface area contributed by atoms with Crippen LogP contribution in [0, 0.1) is 11.6 Å². The number of hydrogen-bond acceptors (Lipinski definition) is 7. The van der Waals surface area contributed by atoms with Gasteiger partial charge < -0.3 is 20.9 Å². The highest BCUT2D eigenvalue weighted by Crippen LogP contribution is 2.31. The minimum Gasteiger partial charge on any atom is -0.471 e. The number of likely N-dealkylation sites (tertiary alicyclic amines) is 1. The van der Waals surface area contributed by atoms with Crippen molar-refractivity contribution in [3.05, 3.63) is 39.9 Å². The number of aliphatic hydroxyl groups is 1. The van der Waals surface area contributed by atoms with Crippen LogP contribution in [0.2, 0.25) is 5.02 Å². The van der Waals surface area contributed by atoms with Gasteiger partial charge in [-0.05, 0) is 62.4 Å². The molecule has 1 unspecified atom stereocenters. The molecule has 1 atom stereocenters. The van der Waals surface area contributed by atoms with E-state index < -0.39 is 30.2 Å². The maximum atomic E-state index is 13.9. The Hall–Kier alpha value is -2.54. The molecule has 2 aromatic rings. The summed E-state index contributed by atoms with van der Waals surface area (Å²) in [6.07, 6.45) is 3.69. The Labute approximate surface area is 204 Å². The van der Waals surface area contributed by atoms with Crippen molar-refractivity contribution in [2.75, 3.05) is 31.6 Å². The van der Waals surface area contributed by atoms with Crippen molar-refractivity contribution < 1.29 is 28.2 Å². The smallest absolute Gasteiger partial charge is 0.319 e. The first-order valence-corrected chi connectivity index (χ1v) is 11.9. The van der Waals surface area contributed by atoms with Crippen LogP contribution in [0.25, 0.3) is 0 Å². The molecule has 1 aromatic heterocycles. The first-order chi connectivity index (χ1) is 16.3. The molecule has 0 spiro atoms. The summed E-state index contributed by atoms with van der Waals surface area (Å²) in [5, 5.41) is 14.3. The van der Waals surface area contributed by atoms with Crippen LogP contribution in [0.1, 0.15) is 41.6 Å². The SMILES string of the molecule is NC(=O)c1c(OCc2cc(F)c(Cl)cc2F)nsc1NC(=O)NCCCCN1CCCC1CO. The molecule has 3 rings (SSSR count). The fraction of sp³-hybridized carbons (Fsp3) is 0.476. The number of nitrogens with two attached hydrogens (primary N) is 1. The Kier molecular flexibility index (Phi) is 9.39. The van der Waals surface area contributed by atoms with Crippen LogP contribution in [-0.4, -0.2) is 58.6 Å². The number of primary amides is 1. The van der Waals surface area contributed by atoms with E-state index in [0.717, 1.165) is 62.4 Å². The third-order valence-electron chi connectivity index (χ3n) is 5.46. The predicted molar refractivity (Wildman–Crippen MR) is 124 cm³/mol. The van der Waals surface area contributed by atoms with Crippen molar-refractivity contribution in [3.8, 4) is 5.88 Å². The fourth-order valence-electron chi connectivity index (χ4n) is 3.68. The number of benzene rings is 1. The van der Waals surface area contributed by atoms with E-state index in [1.165, 1.54) is 0 Å². The Bertz CT molecular complexity index is 1030. The van der Waals surface area contributed by atoms with E-state index in [-0.39, 0.29) is 39.7 Å². The maximum absolute atomic E-state index is 13.9. The fourth-order valence-corrected chi connectivity index (χ4v) is 4.57. The zero-order valence-electron chi connectivity index (χ0n) is 18.3. The molecule has 1 fully saturated rings. The van der Waals surface area contributed by atoms with Crippen molar-refractivity contribution in [3.63, 3.8) is 0 Å². The molecule has 5 N–H and O–H groups in total. The molecule has 34 heavy (non-hydrogen) atoms. The summed E-state index contributed by atoms with van der Waals surface area (Å²) in [6.45, 7) is 1.98. The van der Waals surface area contributed by atoms with Gasteiger partial charge in [0.05, 0.1) is 11.6 Å². The van der Waals surface area contributed by atoms with Crippen LogP contribution >= 0.6 is 23.1 Å². The van der Waals surface area contributed by atoms with E-state index in [2.05, 4.69) is 19.9 Å². The predicted octanol–water partition coefficient (Wildman–Crippen LogP) is 3.11. The lowest BCUT2D eigenvalue weighted by molar-refractivity contribution is 0.0996. The van der Waals surface area contributed by atoms with Gasteiger partial charge in [-0.3, -0.25) is 15.0 Å². The maximum Gasteiger partial charge on any atom is 0.319 e. The van der Waals surface area contributed by atoms with Crippen LogP contribution in [0.15, 0.2) is 12.1 Å². The molecule has 2 heterocycles. The first kappa shape index (κ1) is 26.1. The molecule has 13 heteroatoms. The number of hydrogen-bond donors (Lipinski definition) is 4. The Balaban J connectivity index is 1.49. The number of halogens is 3. The van der Waals surface area contributed by atoms with Gasteiger partial charge in [-0.1, -0.05) is 11.6 Å². The Morgan fingerprint density at radius 2 is 2.12 bits per heavy atom. The van der Waals surface area contributed by atoms with Crippen molar-refractivity contribution in [1.82, 2.24) is 14.6 Å². The van der Waals surface area contributed by atoms with Crippen LogP contribution in [0.3, 0.4) is 0 Å². The van der Waals surface area contributed by atoms with Gasteiger partial charge in [0.25, 0.3) is 5.91 Å². The summed E-state index contributed by atoms with van der Waals surface area (Å²) in [4.78, 5) is 26.4. The number of aromatic nitrogens is 1. The van der Waals surface area contributed by atoms with Crippen molar-refractivity contribution >= 4 is 40.1 Å². The van der Waals surface area contributed by atoms with E-state index in [1.807, 2.05) is 0 Å². The van der Waals surface area contributed by atoms with E-state index in [9.17, 15) is 23.5 Å². The molecule has 1 aliphatic rings. The molecular formula is C21H26ClF2N5O4S. The minimum atomic E-state index is -0.897. The molecule has 0 bridgehead atoms. The lowest BCUT2D eigenvalue weighted by Gasteiger charge is -2.22. The second-order valence-corrected chi connectivity index (χ2v) is 8.99. The van der Waals surface area contributed by atoms with Gasteiger partial charge in [0, 0.05) is 18.2 Å². The van der Waals surface area contributed by atoms with Crippen LogP contribution < -0.4 is 21.1 Å². The highest BCUT2D eigenvalue weighted by atomic mass is 35.5. The number of aliphatic hydroxyl groups excluding tert-OH is 1. The number of nitrogens with one attached hydrogen (secondary N) is 2. The number of ether oxygens (including phenoxy) is 1. The van der Waals surface area contributed by atoms with Crippen molar-refractivity contribution in [2.24, 2.45) is 5.73 Å². The van der Waals surface area contributed by atoms with Gasteiger partial charge in [0.1, 0.15) is 28.8 Å². The quantitative estimate of drug-likeness (QED) is 0.268. The zero-order valence-corrected chi connectivity index (χ0v) is 19.9. The monoisotopic (exact) mass is 517 g/mol. The zero-order chi connectivity index (χ0) is 24.7. The van der Waals surface area contributed by atoms with Gasteiger partial charge in [-0.2, -0.15) is 4.37 Å². The van der Waals surface area contributed by atoms with E-state index in [0.29, 0.717) is 6.54 Å². The van der Waals surface area contributed by atoms with Gasteiger partial charge in [0.15, 0.2) is 0 Å². The molecule has 0 saturated carbocycles. The van der Waals surface area contributed by atoms with Gasteiger partial charge in [0.2, 0.25) is 5.88 Å². The third kappa shape index (κ3) is 6.75. The summed E-state index contributed by atoms with van der Waals surface area (Å²) in [7, 11) is 0. The summed E-state index contributed by atoms with van der Waals surface area (Å²) < 4.78 is 36.9. The largest absolute Gasteiger partial charge is 0.471 e. The molecular weight excluding hydrogens is 492 g/mol. The topological polar surface area (TPSA) is 130 Å². The number of carbonyl (C=O) groups excluding carboxylic acids is 2. The molecule has 1 saturated heterocycles. The lowest BCUT2D eigenvalue weighted by Crippen LogP contribution is -2.34. The summed E-state index contributed by atoms with van der Waals surface area (Å²) in [6, 6.07) is 1.38. The number of unbranched alkanes of at least 4 members (excludes halogenated alkanes) is 1. The second-order valence-electron chi connectivity index (χ2n) is 7.81. The Morgan fingerprint density at radius 3 is 2.85 bits per heavy atom. The number of rotatable bonds is 11. The van der Waals surface area contributed by atoms with Gasteiger partial charge in [-0.25, -0.2) is 13.6 Å². The van der Waals surface area contributed by atoms with Gasteiger partial charge in [-0.15, -0.1) is 0 Å². The Morgan fingerprint density at radius 1 is 1.32 bits per heavy atom. The minimum absolute atomic E-state index is 0.0746. The second kappa shape index (κ2) is 12.2. The first-order valence-electron chi connectivity index (χ1n) is 10.8. The van der Waals surface area contributed by atoms with Crippen LogP contribution in [0.4, 0.5) is 18.6 Å². The number of amides is 3. The molecule has 3 amide bonds. The number of carbonyl (C=O) groups is 2. The summed E-state index contributed by atoms with van der Waals surface area (Å²) >= 11 is 6.31. The van der Waals surface area contributed by atoms with Crippen molar-refractivity contribution in [1.29, 1.82) is 0 Å². The highest BCUT2D eigenvalue weighted by Gasteiger charge is 2.24. The highest BCUT2D eigenvalue weighted by molar-refractivity contribution is 7.11. The standard InChI is InChI=1S/C21H26ClF2N5O4S/c22-14-9-15(23)12(8-16(14)24)11-33-19-17(18(25)31)20(34-28-19)27-21(32)26-5-1-2-6-29-7-3-4-13(29)10-30/h8-9,13,30H,1-7,10-11H2,(H2,25,31)(H2,26,27,32). The van der Waals surface area contributed by atoms with Gasteiger partial charge >= 0.3 is 6.03 Å². The lowest BCUT2D eigenvalue weighted by atomic mass is 10.2. The average molecular weight is 518 g/mol. The number of urea groups is 1. The average Bonchev–Trinajstić information content (AvgIpc) is 3.41. The van der Waals surface area contributed by atoms with Crippen LogP contribution in [-0.2, 0) is 6.61 Å². The van der Waals surface area contributed by atoms with Crippen LogP contribution in [0.5, 0.6) is 5.88 Å². The third-order valence-corrected chi connectivity index (χ3v) is 6.49. The number of nitrogens with zero attached hydrogens (tertiary/aromatic N) is 2. The molecule has 0 aliphatic carbocycles.